The van der Waals surface area contributed by atoms with Gasteiger partial charge in [0.1, 0.15) is 4.90 Å². The lowest BCUT2D eigenvalue weighted by molar-refractivity contribution is 0.580. The third-order valence-electron chi connectivity index (χ3n) is 3.12. The Labute approximate surface area is 118 Å². The first-order chi connectivity index (χ1) is 9.31. The van der Waals surface area contributed by atoms with E-state index >= 15 is 0 Å². The van der Waals surface area contributed by atoms with Crippen LogP contribution in [0.4, 0.5) is 5.82 Å². The van der Waals surface area contributed by atoms with Crippen LogP contribution >= 0.6 is 0 Å². The number of rotatable bonds is 4. The molecular weight excluding hydrogens is 276 g/mol. The fourth-order valence-electron chi connectivity index (χ4n) is 2.02. The van der Waals surface area contributed by atoms with E-state index in [1.807, 2.05) is 31.2 Å². The monoisotopic (exact) mass is 294 g/mol. The van der Waals surface area contributed by atoms with E-state index < -0.39 is 10.0 Å². The molecule has 1 aromatic carbocycles. The van der Waals surface area contributed by atoms with E-state index in [1.54, 1.807) is 14.0 Å². The maximum Gasteiger partial charge on any atom is 0.246 e. The Bertz CT molecular complexity index is 735. The molecule has 20 heavy (non-hydrogen) atoms. The Hall–Kier alpha value is -1.86. The molecule has 1 heterocycles. The van der Waals surface area contributed by atoms with Gasteiger partial charge in [0.2, 0.25) is 10.0 Å². The second-order valence-corrected chi connectivity index (χ2v) is 6.44. The summed E-state index contributed by atoms with van der Waals surface area (Å²) in [6, 6.07) is 7.65. The number of nitrogen functional groups attached to an aromatic ring is 1. The van der Waals surface area contributed by atoms with E-state index in [0.29, 0.717) is 5.69 Å². The summed E-state index contributed by atoms with van der Waals surface area (Å²) in [6.07, 6.45) is 0. The highest BCUT2D eigenvalue weighted by Crippen LogP contribution is 2.21. The fraction of sp³-hybridized carbons (Fsp3) is 0.308. The average Bonchev–Trinajstić information content (AvgIpc) is 2.61. The Morgan fingerprint density at radius 3 is 2.60 bits per heavy atom. The number of aryl methyl sites for hydroxylation is 2. The molecule has 0 bridgehead atoms. The van der Waals surface area contributed by atoms with Crippen molar-refractivity contribution in [3.05, 3.63) is 41.1 Å². The summed E-state index contributed by atoms with van der Waals surface area (Å²) in [5.74, 6) is 0.0155. The number of nitrogens with one attached hydrogen (secondary N) is 1. The number of aromatic nitrogens is 2. The smallest absolute Gasteiger partial charge is 0.246 e. The number of nitrogens with zero attached hydrogens (tertiary/aromatic N) is 2. The third kappa shape index (κ3) is 2.83. The standard InChI is InChI=1S/C13H18N4O2S/c1-9-5-4-6-11(7-9)8-15-20(18,19)12-10(2)17(3)16-13(12)14/h4-7,15H,8H2,1-3H3,(H2,14,16). The third-order valence-corrected chi connectivity index (χ3v) is 4.69. The molecular formula is C13H18N4O2S. The zero-order chi connectivity index (χ0) is 14.9. The minimum absolute atomic E-state index is 0.0155. The summed E-state index contributed by atoms with van der Waals surface area (Å²) >= 11 is 0. The second-order valence-electron chi connectivity index (χ2n) is 4.74. The molecule has 0 aliphatic carbocycles. The molecule has 0 aliphatic heterocycles. The maximum absolute atomic E-state index is 12.3. The van der Waals surface area contributed by atoms with Gasteiger partial charge < -0.3 is 5.73 Å². The van der Waals surface area contributed by atoms with Gasteiger partial charge in [0.05, 0.1) is 5.69 Å². The Kier molecular flexibility index (Phi) is 3.82. The van der Waals surface area contributed by atoms with Gasteiger partial charge in [-0.1, -0.05) is 29.8 Å². The Morgan fingerprint density at radius 1 is 1.35 bits per heavy atom. The minimum atomic E-state index is -3.67. The van der Waals surface area contributed by atoms with Gasteiger partial charge in [-0.3, -0.25) is 4.68 Å². The van der Waals surface area contributed by atoms with Crippen LogP contribution in [0.1, 0.15) is 16.8 Å². The van der Waals surface area contributed by atoms with Crippen molar-refractivity contribution in [3.8, 4) is 0 Å². The highest BCUT2D eigenvalue weighted by Gasteiger charge is 2.24. The van der Waals surface area contributed by atoms with Crippen molar-refractivity contribution in [1.29, 1.82) is 0 Å². The van der Waals surface area contributed by atoms with Crippen LogP contribution < -0.4 is 10.5 Å². The molecule has 0 saturated carbocycles. The predicted octanol–water partition coefficient (Wildman–Crippen LogP) is 1.10. The summed E-state index contributed by atoms with van der Waals surface area (Å²) in [4.78, 5) is 0.0488. The molecule has 0 atom stereocenters. The summed E-state index contributed by atoms with van der Waals surface area (Å²) in [6.45, 7) is 3.85. The van der Waals surface area contributed by atoms with Crippen LogP contribution in [0.15, 0.2) is 29.2 Å². The quantitative estimate of drug-likeness (QED) is 0.883. The summed E-state index contributed by atoms with van der Waals surface area (Å²) in [5.41, 5.74) is 8.16. The minimum Gasteiger partial charge on any atom is -0.381 e. The summed E-state index contributed by atoms with van der Waals surface area (Å²) < 4.78 is 28.6. The van der Waals surface area contributed by atoms with E-state index in [0.717, 1.165) is 11.1 Å². The highest BCUT2D eigenvalue weighted by molar-refractivity contribution is 7.89. The normalized spacial score (nSPS) is 11.8. The molecule has 0 unspecified atom stereocenters. The van der Waals surface area contributed by atoms with Crippen LogP contribution in [0.5, 0.6) is 0 Å². The van der Waals surface area contributed by atoms with Gasteiger partial charge in [-0.2, -0.15) is 5.10 Å². The van der Waals surface area contributed by atoms with Gasteiger partial charge in [-0.25, -0.2) is 13.1 Å². The first-order valence-electron chi connectivity index (χ1n) is 6.15. The molecule has 7 heteroatoms. The maximum atomic E-state index is 12.3. The summed E-state index contributed by atoms with van der Waals surface area (Å²) in [7, 11) is -2.01. The van der Waals surface area contributed by atoms with E-state index in [2.05, 4.69) is 9.82 Å². The van der Waals surface area contributed by atoms with Gasteiger partial charge in [-0.15, -0.1) is 0 Å². The number of sulfonamides is 1. The lowest BCUT2D eigenvalue weighted by atomic mass is 10.1. The van der Waals surface area contributed by atoms with E-state index in [4.69, 9.17) is 5.73 Å². The molecule has 2 aromatic rings. The van der Waals surface area contributed by atoms with E-state index in [-0.39, 0.29) is 17.3 Å². The van der Waals surface area contributed by atoms with Crippen molar-refractivity contribution in [1.82, 2.24) is 14.5 Å². The van der Waals surface area contributed by atoms with Crippen molar-refractivity contribution in [2.24, 2.45) is 7.05 Å². The van der Waals surface area contributed by atoms with Gasteiger partial charge in [0.25, 0.3) is 0 Å². The molecule has 6 nitrogen and oxygen atoms in total. The number of hydrogen-bond acceptors (Lipinski definition) is 4. The Balaban J connectivity index is 2.24. The fourth-order valence-corrected chi connectivity index (χ4v) is 3.36. The molecule has 108 valence electrons. The van der Waals surface area contributed by atoms with Crippen LogP contribution in [0, 0.1) is 13.8 Å². The average molecular weight is 294 g/mol. The lowest BCUT2D eigenvalue weighted by Gasteiger charge is -2.07. The number of nitrogens with two attached hydrogens (primary N) is 1. The van der Waals surface area contributed by atoms with Crippen LogP contribution in [0.25, 0.3) is 0 Å². The molecule has 3 N–H and O–H groups in total. The molecule has 0 radical (unpaired) electrons. The summed E-state index contributed by atoms with van der Waals surface area (Å²) in [5, 5.41) is 3.92. The molecule has 1 aromatic heterocycles. The molecule has 0 saturated heterocycles. The number of hydrogen-bond donors (Lipinski definition) is 2. The van der Waals surface area contributed by atoms with E-state index in [1.165, 1.54) is 4.68 Å². The van der Waals surface area contributed by atoms with Crippen LogP contribution in [-0.2, 0) is 23.6 Å². The van der Waals surface area contributed by atoms with Gasteiger partial charge in [0, 0.05) is 13.6 Å². The first kappa shape index (κ1) is 14.5. The second kappa shape index (κ2) is 5.26. The van der Waals surface area contributed by atoms with Gasteiger partial charge in [-0.05, 0) is 19.4 Å². The molecule has 0 fully saturated rings. The zero-order valence-corrected chi connectivity index (χ0v) is 12.5. The van der Waals surface area contributed by atoms with Gasteiger partial charge >= 0.3 is 0 Å². The first-order valence-corrected chi connectivity index (χ1v) is 7.64. The van der Waals surface area contributed by atoms with Crippen molar-refractivity contribution >= 4 is 15.8 Å². The zero-order valence-electron chi connectivity index (χ0n) is 11.7. The van der Waals surface area contributed by atoms with Crippen LogP contribution in [-0.4, -0.2) is 18.2 Å². The van der Waals surface area contributed by atoms with Crippen molar-refractivity contribution < 1.29 is 8.42 Å². The van der Waals surface area contributed by atoms with E-state index in [9.17, 15) is 8.42 Å². The highest BCUT2D eigenvalue weighted by atomic mass is 32.2. The van der Waals surface area contributed by atoms with Crippen molar-refractivity contribution in [2.75, 3.05) is 5.73 Å². The topological polar surface area (TPSA) is 90.0 Å². The van der Waals surface area contributed by atoms with Crippen LogP contribution in [0.3, 0.4) is 0 Å². The molecule has 0 spiro atoms. The molecule has 2 rings (SSSR count). The lowest BCUT2D eigenvalue weighted by Crippen LogP contribution is -2.24. The molecule has 0 amide bonds. The van der Waals surface area contributed by atoms with Crippen molar-refractivity contribution in [3.63, 3.8) is 0 Å². The number of anilines is 1. The Morgan fingerprint density at radius 2 is 2.05 bits per heavy atom. The SMILES string of the molecule is Cc1cccc(CNS(=O)(=O)c2c(N)nn(C)c2C)c1. The number of benzene rings is 1. The molecule has 0 aliphatic rings. The van der Waals surface area contributed by atoms with Crippen LogP contribution in [0.2, 0.25) is 0 Å². The van der Waals surface area contributed by atoms with Gasteiger partial charge in [0.15, 0.2) is 5.82 Å². The van der Waals surface area contributed by atoms with Crippen molar-refractivity contribution in [2.45, 2.75) is 25.3 Å². The largest absolute Gasteiger partial charge is 0.381 e. The predicted molar refractivity (Wildman–Crippen MR) is 77.6 cm³/mol.